The minimum Gasteiger partial charge on any atom is -0.486 e. The first-order chi connectivity index (χ1) is 15.9. The Morgan fingerprint density at radius 1 is 1.09 bits per heavy atom. The van der Waals surface area contributed by atoms with Crippen molar-refractivity contribution in [3.05, 3.63) is 57.6 Å². The fraction of sp³-hybridized carbons (Fsp3) is 0.391. The van der Waals surface area contributed by atoms with Crippen LogP contribution in [0, 0.1) is 10.1 Å². The van der Waals surface area contributed by atoms with Crippen molar-refractivity contribution < 1.29 is 28.7 Å². The van der Waals surface area contributed by atoms with E-state index in [2.05, 4.69) is 5.32 Å². The summed E-state index contributed by atoms with van der Waals surface area (Å²) in [7, 11) is 0. The molecule has 1 amide bonds. The van der Waals surface area contributed by atoms with Crippen molar-refractivity contribution in [2.24, 2.45) is 0 Å². The highest BCUT2D eigenvalue weighted by molar-refractivity contribution is 5.97. The maximum atomic E-state index is 12.6. The first-order valence-electron chi connectivity index (χ1n) is 10.8. The quantitative estimate of drug-likeness (QED) is 0.329. The number of nitrogens with one attached hydrogen (secondary N) is 1. The molecule has 0 unspecified atom stereocenters. The van der Waals surface area contributed by atoms with E-state index in [9.17, 15) is 19.7 Å². The zero-order valence-electron chi connectivity index (χ0n) is 18.7. The molecule has 1 aliphatic rings. The Balaban J connectivity index is 1.55. The maximum Gasteiger partial charge on any atom is 0.341 e. The highest BCUT2D eigenvalue weighted by atomic mass is 16.6. The number of non-ortho nitro benzene ring substituents is 1. The van der Waals surface area contributed by atoms with Gasteiger partial charge in [-0.2, -0.15) is 0 Å². The fourth-order valence-electron chi connectivity index (χ4n) is 3.49. The van der Waals surface area contributed by atoms with Gasteiger partial charge >= 0.3 is 5.97 Å². The standard InChI is InChI=1S/C23H27N3O7/c1-3-25(4-2)19-7-6-17(26(29)30)14-18(19)23(28)33-15-22(27)24-10-9-16-5-8-20-21(13-16)32-12-11-31-20/h5-8,13-14H,3-4,9-12,15H2,1-2H3,(H,24,27). The number of anilines is 1. The van der Waals surface area contributed by atoms with E-state index >= 15 is 0 Å². The lowest BCUT2D eigenvalue weighted by atomic mass is 10.1. The molecule has 33 heavy (non-hydrogen) atoms. The Morgan fingerprint density at radius 3 is 2.52 bits per heavy atom. The number of hydrogen-bond donors (Lipinski definition) is 1. The molecule has 0 saturated carbocycles. The molecule has 10 nitrogen and oxygen atoms in total. The van der Waals surface area contributed by atoms with Crippen LogP contribution in [0.2, 0.25) is 0 Å². The van der Waals surface area contributed by atoms with Gasteiger partial charge in [-0.15, -0.1) is 0 Å². The zero-order chi connectivity index (χ0) is 23.8. The van der Waals surface area contributed by atoms with Crippen molar-refractivity contribution in [1.82, 2.24) is 5.32 Å². The van der Waals surface area contributed by atoms with Crippen LogP contribution >= 0.6 is 0 Å². The number of hydrogen-bond acceptors (Lipinski definition) is 8. The summed E-state index contributed by atoms with van der Waals surface area (Å²) in [5, 5.41) is 13.8. The molecule has 10 heteroatoms. The van der Waals surface area contributed by atoms with Crippen molar-refractivity contribution in [1.29, 1.82) is 0 Å². The number of nitrogens with zero attached hydrogens (tertiary/aromatic N) is 2. The summed E-state index contributed by atoms with van der Waals surface area (Å²) in [5.41, 5.74) is 1.32. The minimum absolute atomic E-state index is 0.0528. The molecule has 0 saturated heterocycles. The van der Waals surface area contributed by atoms with Crippen LogP contribution in [-0.2, 0) is 16.0 Å². The lowest BCUT2D eigenvalue weighted by Crippen LogP contribution is -2.31. The van der Waals surface area contributed by atoms with Crippen LogP contribution in [0.15, 0.2) is 36.4 Å². The monoisotopic (exact) mass is 457 g/mol. The Hall–Kier alpha value is -3.82. The average molecular weight is 457 g/mol. The number of amides is 1. The van der Waals surface area contributed by atoms with E-state index in [1.165, 1.54) is 18.2 Å². The van der Waals surface area contributed by atoms with Crippen molar-refractivity contribution in [3.8, 4) is 11.5 Å². The van der Waals surface area contributed by atoms with Crippen LogP contribution < -0.4 is 19.7 Å². The first-order valence-corrected chi connectivity index (χ1v) is 10.8. The fourth-order valence-corrected chi connectivity index (χ4v) is 3.49. The Kier molecular flexibility index (Phi) is 8.06. The van der Waals surface area contributed by atoms with Gasteiger partial charge < -0.3 is 24.4 Å². The van der Waals surface area contributed by atoms with Crippen LogP contribution in [0.3, 0.4) is 0 Å². The molecule has 1 N–H and O–H groups in total. The molecule has 1 heterocycles. The van der Waals surface area contributed by atoms with Crippen LogP contribution in [-0.4, -0.2) is 56.3 Å². The van der Waals surface area contributed by atoms with Gasteiger partial charge in [0.05, 0.1) is 16.2 Å². The zero-order valence-corrected chi connectivity index (χ0v) is 18.7. The lowest BCUT2D eigenvalue weighted by Gasteiger charge is -2.23. The Morgan fingerprint density at radius 2 is 1.82 bits per heavy atom. The summed E-state index contributed by atoms with van der Waals surface area (Å²) in [6, 6.07) is 9.65. The van der Waals surface area contributed by atoms with Gasteiger partial charge in [-0.25, -0.2) is 4.79 Å². The number of carbonyl (C=O) groups is 2. The molecular weight excluding hydrogens is 430 g/mol. The van der Waals surface area contributed by atoms with Gasteiger partial charge in [-0.3, -0.25) is 14.9 Å². The molecular formula is C23H27N3O7. The summed E-state index contributed by atoms with van der Waals surface area (Å²) in [6.07, 6.45) is 0.563. The second kappa shape index (κ2) is 11.2. The van der Waals surface area contributed by atoms with Crippen LogP contribution in [0.1, 0.15) is 29.8 Å². The number of esters is 1. The topological polar surface area (TPSA) is 120 Å². The van der Waals surface area contributed by atoms with Gasteiger partial charge in [0.2, 0.25) is 0 Å². The van der Waals surface area contributed by atoms with Gasteiger partial charge in [0.25, 0.3) is 11.6 Å². The van der Waals surface area contributed by atoms with Crippen molar-refractivity contribution >= 4 is 23.3 Å². The highest BCUT2D eigenvalue weighted by Gasteiger charge is 2.21. The molecule has 176 valence electrons. The predicted molar refractivity (Wildman–Crippen MR) is 121 cm³/mol. The predicted octanol–water partition coefficient (Wildman–Crippen LogP) is 2.73. The largest absolute Gasteiger partial charge is 0.486 e. The molecule has 2 aromatic rings. The normalized spacial score (nSPS) is 12.1. The highest BCUT2D eigenvalue weighted by Crippen LogP contribution is 2.30. The number of nitro benzene ring substituents is 1. The van der Waals surface area contributed by atoms with E-state index < -0.39 is 23.4 Å². The van der Waals surface area contributed by atoms with Crippen LogP contribution in [0.4, 0.5) is 11.4 Å². The van der Waals surface area contributed by atoms with E-state index in [0.717, 1.165) is 5.56 Å². The molecule has 0 aliphatic carbocycles. The third kappa shape index (κ3) is 6.12. The molecule has 0 fully saturated rings. The average Bonchev–Trinajstić information content (AvgIpc) is 2.83. The van der Waals surface area contributed by atoms with Gasteiger partial charge in [-0.05, 0) is 44.0 Å². The van der Waals surface area contributed by atoms with E-state index in [4.69, 9.17) is 14.2 Å². The second-order valence-electron chi connectivity index (χ2n) is 7.28. The summed E-state index contributed by atoms with van der Waals surface area (Å²) in [4.78, 5) is 37.2. The molecule has 1 aliphatic heterocycles. The number of fused-ring (bicyclic) bond motifs is 1. The molecule has 3 rings (SSSR count). The number of ether oxygens (including phenoxy) is 3. The van der Waals surface area contributed by atoms with E-state index in [1.54, 1.807) is 0 Å². The number of carbonyl (C=O) groups excluding carboxylic acids is 2. The third-order valence-corrected chi connectivity index (χ3v) is 5.19. The lowest BCUT2D eigenvalue weighted by molar-refractivity contribution is -0.384. The van der Waals surface area contributed by atoms with E-state index in [1.807, 2.05) is 36.9 Å². The van der Waals surface area contributed by atoms with E-state index in [0.29, 0.717) is 56.5 Å². The number of nitro groups is 1. The van der Waals surface area contributed by atoms with Crippen LogP contribution in [0.5, 0.6) is 11.5 Å². The van der Waals surface area contributed by atoms with Gasteiger partial charge in [0.1, 0.15) is 13.2 Å². The van der Waals surface area contributed by atoms with Gasteiger partial charge in [0.15, 0.2) is 18.1 Å². The molecule has 0 atom stereocenters. The molecule has 0 radical (unpaired) electrons. The molecule has 2 aromatic carbocycles. The molecule has 0 bridgehead atoms. The summed E-state index contributed by atoms with van der Waals surface area (Å²) in [5.74, 6) is 0.129. The van der Waals surface area contributed by atoms with E-state index in [-0.39, 0.29) is 11.3 Å². The first kappa shape index (κ1) is 23.8. The summed E-state index contributed by atoms with van der Waals surface area (Å²) >= 11 is 0. The van der Waals surface area contributed by atoms with Crippen LogP contribution in [0.25, 0.3) is 0 Å². The van der Waals surface area contributed by atoms with Crippen molar-refractivity contribution in [2.75, 3.05) is 44.4 Å². The van der Waals surface area contributed by atoms with Crippen molar-refractivity contribution in [3.63, 3.8) is 0 Å². The third-order valence-electron chi connectivity index (χ3n) is 5.19. The molecule has 0 aromatic heterocycles. The SMILES string of the molecule is CCN(CC)c1ccc([N+](=O)[O-])cc1C(=O)OCC(=O)NCCc1ccc2c(c1)OCCO2. The number of benzene rings is 2. The van der Waals surface area contributed by atoms with Gasteiger partial charge in [0, 0.05) is 31.8 Å². The Bertz CT molecular complexity index is 1020. The Labute approximate surface area is 191 Å². The number of rotatable bonds is 10. The van der Waals surface area contributed by atoms with Gasteiger partial charge in [-0.1, -0.05) is 6.07 Å². The minimum atomic E-state index is -0.789. The second-order valence-corrected chi connectivity index (χ2v) is 7.28. The smallest absolute Gasteiger partial charge is 0.341 e. The van der Waals surface area contributed by atoms with Crippen molar-refractivity contribution in [2.45, 2.75) is 20.3 Å². The summed E-state index contributed by atoms with van der Waals surface area (Å²) < 4.78 is 16.2. The summed E-state index contributed by atoms with van der Waals surface area (Å²) in [6.45, 7) is 5.92. The maximum absolute atomic E-state index is 12.6. The molecule has 0 spiro atoms.